The first-order chi connectivity index (χ1) is 13.7. The molecule has 1 saturated heterocycles. The maximum Gasteiger partial charge on any atom is 0.274 e. The SMILES string of the molecule is CC[C@H](Nc1ccccc1)C(=O)N1CCn2nc(C(=O)N3CCCC3)cc2C1. The maximum atomic E-state index is 13.1. The first kappa shape index (κ1) is 18.5. The summed E-state index contributed by atoms with van der Waals surface area (Å²) in [5, 5.41) is 7.83. The minimum Gasteiger partial charge on any atom is -0.374 e. The minimum absolute atomic E-state index is 0.00876. The van der Waals surface area contributed by atoms with Crippen LogP contribution in [-0.4, -0.2) is 57.1 Å². The van der Waals surface area contributed by atoms with E-state index in [0.29, 0.717) is 31.7 Å². The molecule has 0 saturated carbocycles. The Labute approximate surface area is 165 Å². The Kier molecular flexibility index (Phi) is 5.32. The third-order valence-electron chi connectivity index (χ3n) is 5.54. The number of para-hydroxylation sites is 1. The van der Waals surface area contributed by atoms with Crippen molar-refractivity contribution in [1.82, 2.24) is 19.6 Å². The molecule has 0 radical (unpaired) electrons. The van der Waals surface area contributed by atoms with E-state index in [4.69, 9.17) is 0 Å². The first-order valence-electron chi connectivity index (χ1n) is 10.1. The molecule has 1 N–H and O–H groups in total. The Morgan fingerprint density at radius 3 is 2.54 bits per heavy atom. The van der Waals surface area contributed by atoms with E-state index >= 15 is 0 Å². The van der Waals surface area contributed by atoms with Crippen LogP contribution in [0.3, 0.4) is 0 Å². The summed E-state index contributed by atoms with van der Waals surface area (Å²) in [6.07, 6.45) is 2.84. The first-order valence-corrected chi connectivity index (χ1v) is 10.1. The molecule has 1 atom stereocenters. The third-order valence-corrected chi connectivity index (χ3v) is 5.54. The molecule has 7 heteroatoms. The maximum absolute atomic E-state index is 13.1. The normalized spacial score (nSPS) is 17.3. The van der Waals surface area contributed by atoms with Crippen LogP contribution in [0, 0.1) is 0 Å². The second-order valence-corrected chi connectivity index (χ2v) is 7.47. The summed E-state index contributed by atoms with van der Waals surface area (Å²) in [7, 11) is 0. The van der Waals surface area contributed by atoms with Gasteiger partial charge < -0.3 is 15.1 Å². The number of carbonyl (C=O) groups excluding carboxylic acids is 2. The van der Waals surface area contributed by atoms with Crippen molar-refractivity contribution in [2.45, 2.75) is 45.3 Å². The second kappa shape index (κ2) is 8.04. The number of nitrogens with one attached hydrogen (secondary N) is 1. The fourth-order valence-corrected chi connectivity index (χ4v) is 3.94. The van der Waals surface area contributed by atoms with Crippen LogP contribution in [-0.2, 0) is 17.9 Å². The molecule has 0 bridgehead atoms. The molecule has 2 aliphatic heterocycles. The number of nitrogens with zero attached hydrogens (tertiary/aromatic N) is 4. The van der Waals surface area contributed by atoms with Crippen molar-refractivity contribution >= 4 is 17.5 Å². The molecule has 1 aromatic carbocycles. The fourth-order valence-electron chi connectivity index (χ4n) is 3.94. The third kappa shape index (κ3) is 3.74. The van der Waals surface area contributed by atoms with E-state index in [9.17, 15) is 9.59 Å². The van der Waals surface area contributed by atoms with Crippen molar-refractivity contribution in [3.63, 3.8) is 0 Å². The number of benzene rings is 1. The van der Waals surface area contributed by atoms with Gasteiger partial charge >= 0.3 is 0 Å². The second-order valence-electron chi connectivity index (χ2n) is 7.47. The molecule has 0 unspecified atom stereocenters. The number of hydrogen-bond acceptors (Lipinski definition) is 4. The predicted octanol–water partition coefficient (Wildman–Crippen LogP) is 2.35. The largest absolute Gasteiger partial charge is 0.374 e. The Bertz CT molecular complexity index is 842. The summed E-state index contributed by atoms with van der Waals surface area (Å²) in [6, 6.07) is 11.4. The van der Waals surface area contributed by atoms with Crippen LogP contribution in [0.2, 0.25) is 0 Å². The van der Waals surface area contributed by atoms with Crippen molar-refractivity contribution in [3.05, 3.63) is 47.8 Å². The number of anilines is 1. The number of aromatic nitrogens is 2. The predicted molar refractivity (Wildman–Crippen MR) is 107 cm³/mol. The van der Waals surface area contributed by atoms with Crippen molar-refractivity contribution in [1.29, 1.82) is 0 Å². The topological polar surface area (TPSA) is 70.5 Å². The highest BCUT2D eigenvalue weighted by Crippen LogP contribution is 2.19. The van der Waals surface area contributed by atoms with Gasteiger partial charge in [-0.05, 0) is 37.5 Å². The molecule has 3 heterocycles. The van der Waals surface area contributed by atoms with E-state index in [0.717, 1.165) is 37.3 Å². The molecular weight excluding hydrogens is 354 g/mol. The zero-order valence-electron chi connectivity index (χ0n) is 16.3. The summed E-state index contributed by atoms with van der Waals surface area (Å²) in [5.74, 6) is 0.0979. The quantitative estimate of drug-likeness (QED) is 0.863. The van der Waals surface area contributed by atoms with Crippen LogP contribution in [0.15, 0.2) is 36.4 Å². The van der Waals surface area contributed by atoms with Gasteiger partial charge in [-0.2, -0.15) is 5.10 Å². The highest BCUT2D eigenvalue weighted by molar-refractivity contribution is 5.92. The highest BCUT2D eigenvalue weighted by Gasteiger charge is 2.29. The van der Waals surface area contributed by atoms with Gasteiger partial charge in [-0.15, -0.1) is 0 Å². The molecule has 1 aromatic heterocycles. The van der Waals surface area contributed by atoms with Gasteiger partial charge in [0.2, 0.25) is 5.91 Å². The number of amides is 2. The van der Waals surface area contributed by atoms with Crippen molar-refractivity contribution in [3.8, 4) is 0 Å². The van der Waals surface area contributed by atoms with Crippen LogP contribution >= 0.6 is 0 Å². The Hall–Kier alpha value is -2.83. The molecule has 2 aromatic rings. The van der Waals surface area contributed by atoms with Crippen LogP contribution in [0.25, 0.3) is 0 Å². The van der Waals surface area contributed by atoms with Gasteiger partial charge in [0.25, 0.3) is 5.91 Å². The van der Waals surface area contributed by atoms with E-state index in [2.05, 4.69) is 10.4 Å². The molecule has 0 spiro atoms. The highest BCUT2D eigenvalue weighted by atomic mass is 16.2. The van der Waals surface area contributed by atoms with Gasteiger partial charge in [-0.25, -0.2) is 0 Å². The smallest absolute Gasteiger partial charge is 0.274 e. The van der Waals surface area contributed by atoms with Gasteiger partial charge in [0.05, 0.1) is 18.8 Å². The van der Waals surface area contributed by atoms with E-state index in [-0.39, 0.29) is 17.9 Å². The lowest BCUT2D eigenvalue weighted by atomic mass is 10.1. The van der Waals surface area contributed by atoms with Crippen molar-refractivity contribution in [2.24, 2.45) is 0 Å². The zero-order chi connectivity index (χ0) is 19.5. The molecule has 2 aliphatic rings. The molecule has 2 amide bonds. The summed E-state index contributed by atoms with van der Waals surface area (Å²) in [4.78, 5) is 29.4. The molecular formula is C21H27N5O2. The average molecular weight is 381 g/mol. The van der Waals surface area contributed by atoms with Crippen LogP contribution in [0.5, 0.6) is 0 Å². The molecule has 4 rings (SSSR count). The number of rotatable bonds is 5. The molecule has 28 heavy (non-hydrogen) atoms. The summed E-state index contributed by atoms with van der Waals surface area (Å²) < 4.78 is 1.87. The minimum atomic E-state index is -0.262. The van der Waals surface area contributed by atoms with Crippen LogP contribution in [0.4, 0.5) is 5.69 Å². The Balaban J connectivity index is 1.44. The van der Waals surface area contributed by atoms with E-state index < -0.39 is 0 Å². The molecule has 7 nitrogen and oxygen atoms in total. The standard InChI is InChI=1S/C21H27N5O2/c1-2-18(22-16-8-4-3-5-9-16)20(27)25-12-13-26-17(15-25)14-19(23-26)21(28)24-10-6-7-11-24/h3-5,8-9,14,18,22H,2,6-7,10-13,15H2,1H3/t18-/m0/s1. The van der Waals surface area contributed by atoms with Crippen LogP contribution in [0.1, 0.15) is 42.4 Å². The van der Waals surface area contributed by atoms with E-state index in [1.165, 1.54) is 0 Å². The Morgan fingerprint density at radius 1 is 1.07 bits per heavy atom. The van der Waals surface area contributed by atoms with Gasteiger partial charge in [0.15, 0.2) is 5.69 Å². The van der Waals surface area contributed by atoms with Gasteiger partial charge in [0.1, 0.15) is 6.04 Å². The number of fused-ring (bicyclic) bond motifs is 1. The van der Waals surface area contributed by atoms with Crippen molar-refractivity contribution in [2.75, 3.05) is 25.0 Å². The van der Waals surface area contributed by atoms with Gasteiger partial charge in [-0.3, -0.25) is 14.3 Å². The zero-order valence-corrected chi connectivity index (χ0v) is 16.3. The van der Waals surface area contributed by atoms with E-state index in [1.807, 2.05) is 57.8 Å². The average Bonchev–Trinajstić information content (AvgIpc) is 3.41. The van der Waals surface area contributed by atoms with Gasteiger partial charge in [-0.1, -0.05) is 25.1 Å². The molecule has 148 valence electrons. The monoisotopic (exact) mass is 381 g/mol. The number of carbonyl (C=O) groups is 2. The van der Waals surface area contributed by atoms with Crippen LogP contribution < -0.4 is 5.32 Å². The Morgan fingerprint density at radius 2 is 1.82 bits per heavy atom. The lowest BCUT2D eigenvalue weighted by molar-refractivity contribution is -0.133. The lowest BCUT2D eigenvalue weighted by Gasteiger charge is -2.31. The molecule has 0 aliphatic carbocycles. The van der Waals surface area contributed by atoms with Crippen molar-refractivity contribution < 1.29 is 9.59 Å². The lowest BCUT2D eigenvalue weighted by Crippen LogP contribution is -2.46. The fraction of sp³-hybridized carbons (Fsp3) is 0.476. The van der Waals surface area contributed by atoms with Gasteiger partial charge in [0, 0.05) is 25.3 Å². The molecule has 1 fully saturated rings. The summed E-state index contributed by atoms with van der Waals surface area (Å²) in [6.45, 7) is 5.36. The summed E-state index contributed by atoms with van der Waals surface area (Å²) >= 11 is 0. The van der Waals surface area contributed by atoms with E-state index in [1.54, 1.807) is 0 Å². The number of hydrogen-bond donors (Lipinski definition) is 1. The number of likely N-dealkylation sites (tertiary alicyclic amines) is 1. The summed E-state index contributed by atoms with van der Waals surface area (Å²) in [5.41, 5.74) is 2.38.